The van der Waals surface area contributed by atoms with Gasteiger partial charge >= 0.3 is 0 Å². The van der Waals surface area contributed by atoms with E-state index in [0.717, 1.165) is 28.0 Å². The molecule has 0 saturated heterocycles. The van der Waals surface area contributed by atoms with E-state index in [1.54, 1.807) is 13.2 Å². The van der Waals surface area contributed by atoms with Gasteiger partial charge in [0.2, 0.25) is 0 Å². The summed E-state index contributed by atoms with van der Waals surface area (Å²) in [6.07, 6.45) is 2.63. The molecule has 30 heavy (non-hydrogen) atoms. The zero-order valence-electron chi connectivity index (χ0n) is 16.7. The summed E-state index contributed by atoms with van der Waals surface area (Å²) in [6, 6.07) is 23.8. The van der Waals surface area contributed by atoms with Gasteiger partial charge in [-0.25, -0.2) is 0 Å². The van der Waals surface area contributed by atoms with Crippen LogP contribution >= 0.6 is 11.3 Å². The molecule has 0 aliphatic carbocycles. The maximum Gasteiger partial charge on any atom is 0.279 e. The number of benzene rings is 3. The number of allylic oxidation sites excluding steroid dienone is 1. The maximum atomic E-state index is 12.8. The van der Waals surface area contributed by atoms with E-state index in [0.29, 0.717) is 16.9 Å². The number of ether oxygens (including phenoxy) is 1. The summed E-state index contributed by atoms with van der Waals surface area (Å²) in [6.45, 7) is 4.38. The zero-order valence-corrected chi connectivity index (χ0v) is 17.6. The summed E-state index contributed by atoms with van der Waals surface area (Å²) >= 11 is 1.47. The van der Waals surface area contributed by atoms with Crippen LogP contribution in [-0.2, 0) is 13.0 Å². The van der Waals surface area contributed by atoms with Gasteiger partial charge in [-0.1, -0.05) is 65.9 Å². The molecule has 0 bridgehead atoms. The topological polar surface area (TPSA) is 43.6 Å². The molecule has 0 N–H and O–H groups in total. The molecule has 4 nitrogen and oxygen atoms in total. The molecule has 0 fully saturated rings. The van der Waals surface area contributed by atoms with Crippen molar-refractivity contribution in [3.8, 4) is 5.75 Å². The second kappa shape index (κ2) is 8.93. The van der Waals surface area contributed by atoms with E-state index in [9.17, 15) is 4.79 Å². The van der Waals surface area contributed by atoms with Crippen molar-refractivity contribution in [3.05, 3.63) is 107 Å². The number of hydrogen-bond acceptors (Lipinski definition) is 3. The van der Waals surface area contributed by atoms with Gasteiger partial charge in [0.05, 0.1) is 11.8 Å². The van der Waals surface area contributed by atoms with E-state index < -0.39 is 0 Å². The molecule has 0 aliphatic heterocycles. The smallest absolute Gasteiger partial charge is 0.279 e. The number of nitrogens with zero attached hydrogens (tertiary/aromatic N) is 2. The SMILES string of the molecule is C=CCn1c(=NC(=O)c2ccc(Cc3ccccc3)cc2)sc2cccc(OC)c21. The minimum atomic E-state index is -0.260. The molecule has 0 unspecified atom stereocenters. The number of methoxy groups -OCH3 is 1. The molecule has 3 aromatic carbocycles. The average molecular weight is 415 g/mol. The van der Waals surface area contributed by atoms with Crippen LogP contribution in [0.15, 0.2) is 90.4 Å². The van der Waals surface area contributed by atoms with E-state index in [-0.39, 0.29) is 5.91 Å². The first-order valence-electron chi connectivity index (χ1n) is 9.69. The standard InChI is InChI=1S/C25H22N2O2S/c1-3-16-27-23-21(29-2)10-7-11-22(23)30-25(27)26-24(28)20-14-12-19(13-15-20)17-18-8-5-4-6-9-18/h3-15H,1,16-17H2,2H3. The number of thiazole rings is 1. The molecule has 4 rings (SSSR count). The highest BCUT2D eigenvalue weighted by atomic mass is 32.1. The number of para-hydroxylation sites is 1. The fraction of sp³-hybridized carbons (Fsp3) is 0.120. The molecule has 1 aromatic heterocycles. The van der Waals surface area contributed by atoms with Crippen molar-refractivity contribution in [1.82, 2.24) is 4.57 Å². The lowest BCUT2D eigenvalue weighted by Crippen LogP contribution is -2.16. The Hall–Kier alpha value is -3.44. The van der Waals surface area contributed by atoms with Crippen molar-refractivity contribution in [2.45, 2.75) is 13.0 Å². The molecule has 1 heterocycles. The third-order valence-electron chi connectivity index (χ3n) is 4.84. The third-order valence-corrected chi connectivity index (χ3v) is 5.89. The minimum Gasteiger partial charge on any atom is -0.495 e. The molecule has 0 saturated carbocycles. The van der Waals surface area contributed by atoms with E-state index in [1.165, 1.54) is 16.9 Å². The summed E-state index contributed by atoms with van der Waals surface area (Å²) in [5, 5.41) is 0. The molecular formula is C25H22N2O2S. The number of aromatic nitrogens is 1. The first-order chi connectivity index (χ1) is 14.7. The molecule has 1 amide bonds. The summed E-state index contributed by atoms with van der Waals surface area (Å²) in [5.41, 5.74) is 3.90. The summed E-state index contributed by atoms with van der Waals surface area (Å²) < 4.78 is 8.48. The predicted octanol–water partition coefficient (Wildman–Crippen LogP) is 5.23. The van der Waals surface area contributed by atoms with Crippen LogP contribution in [0, 0.1) is 0 Å². The summed E-state index contributed by atoms with van der Waals surface area (Å²) in [7, 11) is 1.64. The summed E-state index contributed by atoms with van der Waals surface area (Å²) in [5.74, 6) is 0.495. The average Bonchev–Trinajstić information content (AvgIpc) is 3.12. The van der Waals surface area contributed by atoms with Gasteiger partial charge in [0.25, 0.3) is 5.91 Å². The van der Waals surface area contributed by atoms with Crippen molar-refractivity contribution in [2.75, 3.05) is 7.11 Å². The molecule has 0 radical (unpaired) electrons. The Morgan fingerprint density at radius 2 is 1.77 bits per heavy atom. The molecule has 4 aromatic rings. The van der Waals surface area contributed by atoms with Crippen LogP contribution < -0.4 is 9.54 Å². The van der Waals surface area contributed by atoms with Crippen molar-refractivity contribution < 1.29 is 9.53 Å². The number of carbonyl (C=O) groups is 1. The Kier molecular flexibility index (Phi) is 5.91. The first kappa shape index (κ1) is 19.9. The molecular weight excluding hydrogens is 392 g/mol. The van der Waals surface area contributed by atoms with Crippen LogP contribution in [0.4, 0.5) is 0 Å². The fourth-order valence-corrected chi connectivity index (χ4v) is 4.45. The van der Waals surface area contributed by atoms with Crippen molar-refractivity contribution in [3.63, 3.8) is 0 Å². The van der Waals surface area contributed by atoms with Crippen molar-refractivity contribution in [1.29, 1.82) is 0 Å². The lowest BCUT2D eigenvalue weighted by molar-refractivity contribution is 0.0998. The van der Waals surface area contributed by atoms with Gasteiger partial charge in [0.15, 0.2) is 4.80 Å². The number of rotatable bonds is 6. The van der Waals surface area contributed by atoms with E-state index >= 15 is 0 Å². The molecule has 0 spiro atoms. The monoisotopic (exact) mass is 414 g/mol. The summed E-state index contributed by atoms with van der Waals surface area (Å²) in [4.78, 5) is 17.9. The van der Waals surface area contributed by atoms with Crippen LogP contribution in [0.2, 0.25) is 0 Å². The predicted molar refractivity (Wildman–Crippen MR) is 122 cm³/mol. The Balaban J connectivity index is 1.66. The fourth-order valence-electron chi connectivity index (χ4n) is 3.39. The number of amides is 1. The molecule has 0 atom stereocenters. The molecule has 150 valence electrons. The lowest BCUT2D eigenvalue weighted by Gasteiger charge is -2.06. The van der Waals surface area contributed by atoms with E-state index in [1.807, 2.05) is 65.2 Å². The Morgan fingerprint density at radius 3 is 2.47 bits per heavy atom. The lowest BCUT2D eigenvalue weighted by atomic mass is 10.0. The number of carbonyl (C=O) groups excluding carboxylic acids is 1. The van der Waals surface area contributed by atoms with Crippen LogP contribution in [-0.4, -0.2) is 17.6 Å². The van der Waals surface area contributed by atoms with Crippen LogP contribution in [0.1, 0.15) is 21.5 Å². The normalized spacial score (nSPS) is 11.6. The third kappa shape index (κ3) is 4.11. The van der Waals surface area contributed by atoms with Gasteiger partial charge in [-0.15, -0.1) is 6.58 Å². The molecule has 5 heteroatoms. The maximum absolute atomic E-state index is 12.8. The van der Waals surface area contributed by atoms with Crippen molar-refractivity contribution in [2.24, 2.45) is 4.99 Å². The van der Waals surface area contributed by atoms with Gasteiger partial charge in [0, 0.05) is 12.1 Å². The minimum absolute atomic E-state index is 0.260. The quantitative estimate of drug-likeness (QED) is 0.406. The van der Waals surface area contributed by atoms with E-state index in [2.05, 4.69) is 23.7 Å². The van der Waals surface area contributed by atoms with Gasteiger partial charge < -0.3 is 9.30 Å². The highest BCUT2D eigenvalue weighted by Gasteiger charge is 2.12. The Bertz CT molecular complexity index is 1250. The van der Waals surface area contributed by atoms with Crippen LogP contribution in [0.25, 0.3) is 10.2 Å². The number of fused-ring (bicyclic) bond motifs is 1. The highest BCUT2D eigenvalue weighted by molar-refractivity contribution is 7.16. The van der Waals surface area contributed by atoms with Gasteiger partial charge in [-0.05, 0) is 41.8 Å². The van der Waals surface area contributed by atoms with Crippen LogP contribution in [0.5, 0.6) is 5.75 Å². The Morgan fingerprint density at radius 1 is 1.03 bits per heavy atom. The molecule has 0 aliphatic rings. The van der Waals surface area contributed by atoms with Gasteiger partial charge in [0.1, 0.15) is 11.3 Å². The highest BCUT2D eigenvalue weighted by Crippen LogP contribution is 2.27. The second-order valence-corrected chi connectivity index (χ2v) is 7.88. The van der Waals surface area contributed by atoms with Gasteiger partial charge in [-0.3, -0.25) is 4.79 Å². The number of hydrogen-bond donors (Lipinski definition) is 0. The van der Waals surface area contributed by atoms with E-state index in [4.69, 9.17) is 4.74 Å². The largest absolute Gasteiger partial charge is 0.495 e. The Labute approximate surface area is 179 Å². The van der Waals surface area contributed by atoms with Crippen LogP contribution in [0.3, 0.4) is 0 Å². The first-order valence-corrected chi connectivity index (χ1v) is 10.5. The van der Waals surface area contributed by atoms with Gasteiger partial charge in [-0.2, -0.15) is 4.99 Å². The second-order valence-electron chi connectivity index (χ2n) is 6.87. The zero-order chi connectivity index (χ0) is 20.9. The van der Waals surface area contributed by atoms with Crippen molar-refractivity contribution >= 4 is 27.5 Å².